The molecule has 1 aliphatic rings. The van der Waals surface area contributed by atoms with E-state index in [2.05, 4.69) is 6.92 Å². The van der Waals surface area contributed by atoms with E-state index in [1.807, 2.05) is 61.5 Å². The Kier molecular flexibility index (Phi) is 5.78. The van der Waals surface area contributed by atoms with Gasteiger partial charge in [-0.2, -0.15) is 0 Å². The maximum absolute atomic E-state index is 12.7. The Morgan fingerprint density at radius 1 is 1.08 bits per heavy atom. The molecule has 1 aliphatic heterocycles. The Morgan fingerprint density at radius 3 is 2.50 bits per heavy atom. The van der Waals surface area contributed by atoms with Crippen LogP contribution < -0.4 is 4.74 Å². The molecule has 1 heterocycles. The van der Waals surface area contributed by atoms with Gasteiger partial charge in [0.15, 0.2) is 0 Å². The molecule has 0 aliphatic carbocycles. The molecule has 2 aromatic rings. The van der Waals surface area contributed by atoms with Crippen LogP contribution in [-0.4, -0.2) is 22.2 Å². The molecule has 2 amide bonds. The van der Waals surface area contributed by atoms with Gasteiger partial charge in [-0.05, 0) is 42.8 Å². The van der Waals surface area contributed by atoms with E-state index >= 15 is 0 Å². The molecule has 0 spiro atoms. The zero-order valence-electron chi connectivity index (χ0n) is 14.8. The van der Waals surface area contributed by atoms with Crippen molar-refractivity contribution in [2.75, 3.05) is 0 Å². The van der Waals surface area contributed by atoms with Crippen molar-refractivity contribution in [3.63, 3.8) is 0 Å². The number of para-hydroxylation sites is 1. The minimum absolute atomic E-state index is 0.0812. The van der Waals surface area contributed by atoms with Crippen molar-refractivity contribution in [2.45, 2.75) is 32.9 Å². The lowest BCUT2D eigenvalue weighted by Gasteiger charge is -2.15. The molecular weight excluding hydrogens is 346 g/mol. The first-order valence-electron chi connectivity index (χ1n) is 8.63. The number of ether oxygens (including phenoxy) is 1. The Labute approximate surface area is 157 Å². The van der Waals surface area contributed by atoms with Gasteiger partial charge in [0.25, 0.3) is 11.1 Å². The Balaban J connectivity index is 1.82. The molecule has 3 rings (SSSR count). The quantitative estimate of drug-likeness (QED) is 0.666. The van der Waals surface area contributed by atoms with Gasteiger partial charge in [0.2, 0.25) is 0 Å². The van der Waals surface area contributed by atoms with Crippen LogP contribution in [0.15, 0.2) is 59.5 Å². The number of carbonyl (C=O) groups is 2. The van der Waals surface area contributed by atoms with Crippen molar-refractivity contribution in [3.05, 3.63) is 70.6 Å². The summed E-state index contributed by atoms with van der Waals surface area (Å²) in [5, 5.41) is -0.245. The van der Waals surface area contributed by atoms with E-state index < -0.39 is 0 Å². The van der Waals surface area contributed by atoms with Gasteiger partial charge >= 0.3 is 0 Å². The summed E-state index contributed by atoms with van der Waals surface area (Å²) >= 11 is 0.972. The second-order valence-electron chi connectivity index (χ2n) is 6.13. The lowest BCUT2D eigenvalue weighted by atomic mass is 10.1. The van der Waals surface area contributed by atoms with Crippen LogP contribution in [0, 0.1) is 0 Å². The maximum atomic E-state index is 12.7. The van der Waals surface area contributed by atoms with E-state index in [1.54, 1.807) is 6.08 Å². The molecule has 2 aromatic carbocycles. The predicted octanol–water partition coefficient (Wildman–Crippen LogP) is 5.10. The van der Waals surface area contributed by atoms with Crippen LogP contribution in [-0.2, 0) is 11.3 Å². The van der Waals surface area contributed by atoms with Gasteiger partial charge in [0.05, 0.1) is 17.6 Å². The normalized spacial score (nSPS) is 17.0. The zero-order chi connectivity index (χ0) is 18.5. The molecule has 134 valence electrons. The summed E-state index contributed by atoms with van der Waals surface area (Å²) in [6, 6.07) is 17.1. The number of rotatable bonds is 6. The molecule has 0 saturated carbocycles. The van der Waals surface area contributed by atoms with Crippen molar-refractivity contribution in [1.29, 1.82) is 0 Å². The molecule has 0 bridgehead atoms. The summed E-state index contributed by atoms with van der Waals surface area (Å²) in [6.07, 6.45) is 2.72. The molecule has 1 atom stereocenters. The highest BCUT2D eigenvalue weighted by molar-refractivity contribution is 8.18. The van der Waals surface area contributed by atoms with Crippen molar-refractivity contribution < 1.29 is 14.3 Å². The molecule has 5 heteroatoms. The maximum Gasteiger partial charge on any atom is 0.293 e. The first-order valence-corrected chi connectivity index (χ1v) is 9.45. The van der Waals surface area contributed by atoms with Crippen molar-refractivity contribution in [2.24, 2.45) is 0 Å². The van der Waals surface area contributed by atoms with Crippen LogP contribution >= 0.6 is 11.8 Å². The number of amides is 2. The van der Waals surface area contributed by atoms with Gasteiger partial charge in [-0.3, -0.25) is 14.5 Å². The van der Waals surface area contributed by atoms with E-state index in [1.165, 1.54) is 4.90 Å². The third-order valence-corrected chi connectivity index (χ3v) is 5.07. The Morgan fingerprint density at radius 2 is 1.77 bits per heavy atom. The number of imide groups is 1. The summed E-state index contributed by atoms with van der Waals surface area (Å²) < 4.78 is 5.93. The third kappa shape index (κ3) is 4.17. The van der Waals surface area contributed by atoms with Crippen LogP contribution in [0.5, 0.6) is 5.75 Å². The van der Waals surface area contributed by atoms with Gasteiger partial charge < -0.3 is 4.74 Å². The smallest absolute Gasteiger partial charge is 0.293 e. The molecule has 0 radical (unpaired) electrons. The third-order valence-electron chi connectivity index (χ3n) is 4.17. The molecule has 0 aromatic heterocycles. The first-order chi connectivity index (χ1) is 12.6. The first kappa shape index (κ1) is 18.3. The van der Waals surface area contributed by atoms with Crippen molar-refractivity contribution in [3.8, 4) is 5.75 Å². The summed E-state index contributed by atoms with van der Waals surface area (Å²) in [5.74, 6) is 0.457. The second-order valence-corrected chi connectivity index (χ2v) is 7.12. The Bertz CT molecular complexity index is 832. The largest absolute Gasteiger partial charge is 0.490 e. The van der Waals surface area contributed by atoms with E-state index in [4.69, 9.17) is 4.74 Å². The van der Waals surface area contributed by atoms with Crippen molar-refractivity contribution >= 4 is 29.0 Å². The van der Waals surface area contributed by atoms with Crippen LogP contribution in [0.1, 0.15) is 31.4 Å². The fourth-order valence-electron chi connectivity index (χ4n) is 2.55. The molecule has 1 saturated heterocycles. The minimum atomic E-state index is -0.262. The molecular formula is C21H21NO3S. The summed E-state index contributed by atoms with van der Waals surface area (Å²) in [4.78, 5) is 26.7. The van der Waals surface area contributed by atoms with E-state index in [-0.39, 0.29) is 23.8 Å². The minimum Gasteiger partial charge on any atom is -0.490 e. The number of benzene rings is 2. The van der Waals surface area contributed by atoms with Crippen LogP contribution in [0.3, 0.4) is 0 Å². The fourth-order valence-corrected chi connectivity index (χ4v) is 3.38. The van der Waals surface area contributed by atoms with E-state index in [0.717, 1.165) is 35.1 Å². The van der Waals surface area contributed by atoms with Gasteiger partial charge in [-0.25, -0.2) is 0 Å². The topological polar surface area (TPSA) is 46.6 Å². The monoisotopic (exact) mass is 367 g/mol. The Hall–Kier alpha value is -2.53. The molecule has 0 N–H and O–H groups in total. The number of hydrogen-bond acceptors (Lipinski definition) is 4. The van der Waals surface area contributed by atoms with E-state index in [0.29, 0.717) is 4.91 Å². The van der Waals surface area contributed by atoms with Gasteiger partial charge in [-0.1, -0.05) is 55.5 Å². The molecule has 26 heavy (non-hydrogen) atoms. The van der Waals surface area contributed by atoms with Gasteiger partial charge in [0, 0.05) is 5.56 Å². The standard InChI is InChI=1S/C21H21NO3S/c1-3-15(2)25-18-12-8-7-11-17(18)13-19-20(23)22(21(24)26-19)14-16-9-5-4-6-10-16/h4-13,15H,3,14H2,1-2H3/b19-13+/t15-/m1/s1. The summed E-state index contributed by atoms with van der Waals surface area (Å²) in [6.45, 7) is 4.35. The number of carbonyl (C=O) groups excluding carboxylic acids is 2. The highest BCUT2D eigenvalue weighted by Gasteiger charge is 2.35. The fraction of sp³-hybridized carbons (Fsp3) is 0.238. The second kappa shape index (κ2) is 8.23. The molecule has 0 unspecified atom stereocenters. The number of nitrogens with zero attached hydrogens (tertiary/aromatic N) is 1. The highest BCUT2D eigenvalue weighted by atomic mass is 32.2. The molecule has 4 nitrogen and oxygen atoms in total. The van der Waals surface area contributed by atoms with Gasteiger partial charge in [0.1, 0.15) is 5.75 Å². The van der Waals surface area contributed by atoms with Crippen LogP contribution in [0.4, 0.5) is 4.79 Å². The predicted molar refractivity (Wildman–Crippen MR) is 105 cm³/mol. The average molecular weight is 367 g/mol. The van der Waals surface area contributed by atoms with Crippen molar-refractivity contribution in [1.82, 2.24) is 4.90 Å². The lowest BCUT2D eigenvalue weighted by molar-refractivity contribution is -0.123. The van der Waals surface area contributed by atoms with Crippen LogP contribution in [0.2, 0.25) is 0 Å². The summed E-state index contributed by atoms with van der Waals surface area (Å²) in [5.41, 5.74) is 1.73. The van der Waals surface area contributed by atoms with Crippen LogP contribution in [0.25, 0.3) is 6.08 Å². The molecule has 1 fully saturated rings. The van der Waals surface area contributed by atoms with E-state index in [9.17, 15) is 9.59 Å². The lowest BCUT2D eigenvalue weighted by Crippen LogP contribution is -2.27. The highest BCUT2D eigenvalue weighted by Crippen LogP contribution is 2.35. The zero-order valence-corrected chi connectivity index (χ0v) is 15.7. The average Bonchev–Trinajstić information content (AvgIpc) is 2.91. The number of hydrogen-bond donors (Lipinski definition) is 0. The number of thioether (sulfide) groups is 1. The van der Waals surface area contributed by atoms with Gasteiger partial charge in [-0.15, -0.1) is 0 Å². The SMILES string of the molecule is CC[C@@H](C)Oc1ccccc1/C=C1/SC(=O)N(Cc2ccccc2)C1=O. The summed E-state index contributed by atoms with van der Waals surface area (Å²) in [7, 11) is 0.